The second kappa shape index (κ2) is 8.75. The average Bonchev–Trinajstić information content (AvgIpc) is 3.10. The first kappa shape index (κ1) is 26.6. The average molecular weight is 513 g/mol. The minimum atomic E-state index is -1.82. The van der Waals surface area contributed by atoms with Crippen LogP contribution in [0.3, 0.4) is 0 Å². The van der Waals surface area contributed by atoms with Gasteiger partial charge in [0.25, 0.3) is 0 Å². The Kier molecular flexibility index (Phi) is 6.28. The molecule has 3 saturated carbocycles. The molecule has 4 aliphatic rings. The van der Waals surface area contributed by atoms with Crippen molar-refractivity contribution < 1.29 is 35.1 Å². The fourth-order valence-electron chi connectivity index (χ4n) is 8.42. The molecule has 5 N–H and O–H groups in total. The summed E-state index contributed by atoms with van der Waals surface area (Å²) in [6, 6.07) is 9.34. The number of aliphatic hydroxyl groups is 5. The molecule has 1 aromatic rings. The van der Waals surface area contributed by atoms with Crippen LogP contribution in [0.25, 0.3) is 6.08 Å². The van der Waals surface area contributed by atoms with Gasteiger partial charge >= 0.3 is 5.97 Å². The van der Waals surface area contributed by atoms with E-state index in [0.717, 1.165) is 11.1 Å². The lowest BCUT2D eigenvalue weighted by Gasteiger charge is -2.67. The zero-order chi connectivity index (χ0) is 26.9. The lowest BCUT2D eigenvalue weighted by Crippen LogP contribution is -2.78. The zero-order valence-corrected chi connectivity index (χ0v) is 21.9. The Hall–Kier alpha value is -2.03. The maximum Gasteiger partial charge on any atom is 0.331 e. The van der Waals surface area contributed by atoms with Crippen LogP contribution < -0.4 is 0 Å². The third kappa shape index (κ3) is 3.54. The number of ether oxygens (including phenoxy) is 1. The monoisotopic (exact) mass is 512 g/mol. The fourth-order valence-corrected chi connectivity index (χ4v) is 8.42. The minimum Gasteiger partial charge on any atom is -0.458 e. The van der Waals surface area contributed by atoms with Gasteiger partial charge in [0.2, 0.25) is 0 Å². The van der Waals surface area contributed by atoms with Gasteiger partial charge in [-0.2, -0.15) is 0 Å². The Bertz CT molecular complexity index is 1110. The highest BCUT2D eigenvalue weighted by Crippen LogP contribution is 2.71. The Morgan fingerprint density at radius 2 is 1.81 bits per heavy atom. The molecule has 7 heteroatoms. The van der Waals surface area contributed by atoms with E-state index in [4.69, 9.17) is 4.74 Å². The molecule has 9 atom stereocenters. The molecule has 37 heavy (non-hydrogen) atoms. The van der Waals surface area contributed by atoms with Gasteiger partial charge in [0.15, 0.2) is 0 Å². The maximum atomic E-state index is 13.1. The van der Waals surface area contributed by atoms with E-state index in [0.29, 0.717) is 19.3 Å². The van der Waals surface area contributed by atoms with Gasteiger partial charge in [-0.05, 0) is 68.9 Å². The molecule has 1 aromatic carbocycles. The number of rotatable bonds is 4. The Balaban J connectivity index is 1.57. The van der Waals surface area contributed by atoms with Crippen molar-refractivity contribution in [3.63, 3.8) is 0 Å². The van der Waals surface area contributed by atoms with E-state index in [1.165, 1.54) is 13.0 Å². The summed E-state index contributed by atoms with van der Waals surface area (Å²) in [5.74, 6) is -1.07. The van der Waals surface area contributed by atoms with Crippen LogP contribution in [-0.2, 0) is 9.53 Å². The summed E-state index contributed by atoms with van der Waals surface area (Å²) < 4.78 is 6.04. The predicted molar refractivity (Wildman–Crippen MR) is 138 cm³/mol. The smallest absolute Gasteiger partial charge is 0.331 e. The Labute approximate surface area is 218 Å². The number of carbonyl (C=O) groups is 1. The third-order valence-electron chi connectivity index (χ3n) is 10.8. The van der Waals surface area contributed by atoms with Crippen LogP contribution in [0.1, 0.15) is 71.3 Å². The van der Waals surface area contributed by atoms with Crippen molar-refractivity contribution in [1.82, 2.24) is 0 Å². The molecule has 0 radical (unpaired) electrons. The van der Waals surface area contributed by atoms with E-state index in [1.807, 2.05) is 36.4 Å². The molecule has 4 aliphatic carbocycles. The first-order chi connectivity index (χ1) is 17.3. The number of esters is 1. The number of hydrogen-bond donors (Lipinski definition) is 5. The SMILES string of the molecule is C[C@H](O)[C@]1(O)CC[C@@]2(O)[C@]1(C)[C@H](OC(=O)C=Cc1ccccc1)C[C@@H]1[C@@]3(C)CC[C@H](O)CC3=CC[C@]12O. The molecule has 5 rings (SSSR count). The van der Waals surface area contributed by atoms with Crippen molar-refractivity contribution >= 4 is 12.0 Å². The topological polar surface area (TPSA) is 127 Å². The second-order valence-corrected chi connectivity index (χ2v) is 12.3. The van der Waals surface area contributed by atoms with E-state index in [9.17, 15) is 30.3 Å². The highest BCUT2D eigenvalue weighted by atomic mass is 16.5. The van der Waals surface area contributed by atoms with Crippen molar-refractivity contribution in [2.24, 2.45) is 16.7 Å². The van der Waals surface area contributed by atoms with Gasteiger partial charge in [-0.1, -0.05) is 55.8 Å². The molecule has 0 spiro atoms. The molecule has 0 aromatic heterocycles. The number of carbonyl (C=O) groups excluding carboxylic acids is 1. The molecular formula is C30H40O7. The molecule has 0 unspecified atom stereocenters. The molecule has 3 fully saturated rings. The summed E-state index contributed by atoms with van der Waals surface area (Å²) in [6.07, 6.45) is 4.57. The van der Waals surface area contributed by atoms with Crippen LogP contribution in [0, 0.1) is 16.7 Å². The van der Waals surface area contributed by atoms with Gasteiger partial charge in [0.05, 0.1) is 17.6 Å². The van der Waals surface area contributed by atoms with Gasteiger partial charge in [0, 0.05) is 12.0 Å². The summed E-state index contributed by atoms with van der Waals surface area (Å²) >= 11 is 0. The first-order valence-electron chi connectivity index (χ1n) is 13.5. The van der Waals surface area contributed by atoms with E-state index < -0.39 is 57.8 Å². The largest absolute Gasteiger partial charge is 0.458 e. The molecule has 0 aliphatic heterocycles. The van der Waals surface area contributed by atoms with E-state index in [-0.39, 0.29) is 25.7 Å². The van der Waals surface area contributed by atoms with Crippen LogP contribution in [0.15, 0.2) is 48.1 Å². The van der Waals surface area contributed by atoms with Crippen molar-refractivity contribution in [2.45, 2.75) is 101 Å². The maximum absolute atomic E-state index is 13.1. The molecule has 202 valence electrons. The normalized spacial score (nSPS) is 45.9. The Morgan fingerprint density at radius 3 is 2.49 bits per heavy atom. The second-order valence-electron chi connectivity index (χ2n) is 12.3. The van der Waals surface area contributed by atoms with Crippen LogP contribution in [0.4, 0.5) is 0 Å². The number of aliphatic hydroxyl groups excluding tert-OH is 2. The molecule has 0 bridgehead atoms. The number of benzene rings is 1. The van der Waals surface area contributed by atoms with Gasteiger partial charge in [-0.25, -0.2) is 4.79 Å². The lowest BCUT2D eigenvalue weighted by atomic mass is 9.42. The molecule has 0 saturated heterocycles. The van der Waals surface area contributed by atoms with Gasteiger partial charge in [-0.3, -0.25) is 0 Å². The van der Waals surface area contributed by atoms with Gasteiger partial charge in [-0.15, -0.1) is 0 Å². The quantitative estimate of drug-likeness (QED) is 0.238. The van der Waals surface area contributed by atoms with E-state index in [2.05, 4.69) is 6.92 Å². The van der Waals surface area contributed by atoms with Crippen molar-refractivity contribution in [3.8, 4) is 0 Å². The van der Waals surface area contributed by atoms with Crippen molar-refractivity contribution in [1.29, 1.82) is 0 Å². The number of fused-ring (bicyclic) bond motifs is 5. The van der Waals surface area contributed by atoms with E-state index >= 15 is 0 Å². The fraction of sp³-hybridized carbons (Fsp3) is 0.633. The summed E-state index contributed by atoms with van der Waals surface area (Å²) in [5.41, 5.74) is -5.31. The predicted octanol–water partition coefficient (Wildman–Crippen LogP) is 2.89. The summed E-state index contributed by atoms with van der Waals surface area (Å²) in [5, 5.41) is 57.7. The molecule has 7 nitrogen and oxygen atoms in total. The van der Waals surface area contributed by atoms with Gasteiger partial charge < -0.3 is 30.3 Å². The minimum absolute atomic E-state index is 0.0621. The third-order valence-corrected chi connectivity index (χ3v) is 10.8. The summed E-state index contributed by atoms with van der Waals surface area (Å²) in [4.78, 5) is 13.1. The summed E-state index contributed by atoms with van der Waals surface area (Å²) in [7, 11) is 0. The highest BCUT2D eigenvalue weighted by Gasteiger charge is 2.81. The van der Waals surface area contributed by atoms with Crippen LogP contribution in [0.2, 0.25) is 0 Å². The first-order valence-corrected chi connectivity index (χ1v) is 13.5. The van der Waals surface area contributed by atoms with Crippen LogP contribution >= 0.6 is 0 Å². The Morgan fingerprint density at radius 1 is 1.11 bits per heavy atom. The van der Waals surface area contributed by atoms with Crippen LogP contribution in [-0.4, -0.2) is 66.6 Å². The number of hydrogen-bond acceptors (Lipinski definition) is 7. The molecule has 0 amide bonds. The van der Waals surface area contributed by atoms with Gasteiger partial charge in [0.1, 0.15) is 22.9 Å². The van der Waals surface area contributed by atoms with Crippen molar-refractivity contribution in [2.75, 3.05) is 0 Å². The van der Waals surface area contributed by atoms with E-state index in [1.54, 1.807) is 13.0 Å². The zero-order valence-electron chi connectivity index (χ0n) is 21.9. The van der Waals surface area contributed by atoms with Crippen molar-refractivity contribution in [3.05, 3.63) is 53.6 Å². The summed E-state index contributed by atoms with van der Waals surface area (Å²) in [6.45, 7) is 5.19. The standard InChI is InChI=1S/C30H40O7/c1-19(31)28(34)15-16-30(36)27(28,3)24(37-25(33)10-9-20-7-5-4-6-8-20)18-23-26(2)13-12-22(32)17-21(26)11-14-29(23,30)35/h4-11,19,22-24,31-32,34-36H,12-18H2,1-3H3/t19-,22-,23+,24+,26-,27+,28+,29-,30+/m0/s1. The lowest BCUT2D eigenvalue weighted by molar-refractivity contribution is -0.326. The molecule has 0 heterocycles. The van der Waals surface area contributed by atoms with Crippen LogP contribution in [0.5, 0.6) is 0 Å². The highest BCUT2D eigenvalue weighted by molar-refractivity contribution is 5.87. The molecular weight excluding hydrogens is 472 g/mol.